The fourth-order valence-electron chi connectivity index (χ4n) is 1.76. The summed E-state index contributed by atoms with van der Waals surface area (Å²) >= 11 is 0. The van der Waals surface area contributed by atoms with Gasteiger partial charge in [-0.15, -0.1) is 0 Å². The van der Waals surface area contributed by atoms with Crippen LogP contribution in [-0.4, -0.2) is 12.3 Å². The Balaban J connectivity index is 2.77. The quantitative estimate of drug-likeness (QED) is 0.548. The Morgan fingerprint density at radius 1 is 1.25 bits per heavy atom. The molecule has 1 saturated carbocycles. The Kier molecular flexibility index (Phi) is 2.13. The van der Waals surface area contributed by atoms with Gasteiger partial charge in [0, 0.05) is 0 Å². The molecule has 0 spiro atoms. The number of hydrogen-bond donors (Lipinski definition) is 0. The molecule has 0 amide bonds. The Morgan fingerprint density at radius 2 is 1.67 bits per heavy atom. The van der Waals surface area contributed by atoms with Crippen LogP contribution in [0.5, 0.6) is 0 Å². The van der Waals surface area contributed by atoms with E-state index in [2.05, 4.69) is 0 Å². The molecule has 0 heterocycles. The fraction of sp³-hybridized carbons (Fsp3) is 1.00. The molecule has 0 atom stereocenters. The van der Waals surface area contributed by atoms with E-state index in [1.54, 1.807) is 0 Å². The SMILES string of the molecule is CC(C)C1(C(F)(F)F)CC(F)C1. The van der Waals surface area contributed by atoms with Gasteiger partial charge >= 0.3 is 6.18 Å². The summed E-state index contributed by atoms with van der Waals surface area (Å²) in [5.41, 5.74) is -1.74. The Bertz CT molecular complexity index is 164. The highest BCUT2D eigenvalue weighted by atomic mass is 19.4. The first-order chi connectivity index (χ1) is 5.29. The lowest BCUT2D eigenvalue weighted by atomic mass is 9.60. The van der Waals surface area contributed by atoms with E-state index in [9.17, 15) is 17.6 Å². The normalized spacial score (nSPS) is 36.8. The van der Waals surface area contributed by atoms with Crippen LogP contribution < -0.4 is 0 Å². The molecule has 0 aromatic heterocycles. The van der Waals surface area contributed by atoms with Crippen molar-refractivity contribution in [3.63, 3.8) is 0 Å². The maximum atomic E-state index is 12.4. The van der Waals surface area contributed by atoms with Gasteiger partial charge in [0.25, 0.3) is 0 Å². The standard InChI is InChI=1S/C8H12F4/c1-5(2)7(8(10,11)12)3-6(9)4-7/h5-6H,3-4H2,1-2H3. The van der Waals surface area contributed by atoms with Gasteiger partial charge in [0.2, 0.25) is 0 Å². The smallest absolute Gasteiger partial charge is 0.247 e. The summed E-state index contributed by atoms with van der Waals surface area (Å²) in [7, 11) is 0. The van der Waals surface area contributed by atoms with Crippen LogP contribution in [0.2, 0.25) is 0 Å². The van der Waals surface area contributed by atoms with Gasteiger partial charge in [0.15, 0.2) is 0 Å². The summed E-state index contributed by atoms with van der Waals surface area (Å²) in [6.45, 7) is 3.00. The summed E-state index contributed by atoms with van der Waals surface area (Å²) in [5, 5.41) is 0. The van der Waals surface area contributed by atoms with Crippen LogP contribution in [0, 0.1) is 11.3 Å². The van der Waals surface area contributed by atoms with E-state index < -0.39 is 23.7 Å². The molecule has 0 radical (unpaired) electrons. The molecule has 1 fully saturated rings. The van der Waals surface area contributed by atoms with Crippen molar-refractivity contribution in [1.82, 2.24) is 0 Å². The summed E-state index contributed by atoms with van der Waals surface area (Å²) in [6.07, 6.45) is -6.21. The molecule has 0 aliphatic heterocycles. The lowest BCUT2D eigenvalue weighted by Crippen LogP contribution is -2.53. The fourth-order valence-corrected chi connectivity index (χ4v) is 1.76. The lowest BCUT2D eigenvalue weighted by molar-refractivity contribution is -0.281. The van der Waals surface area contributed by atoms with Gasteiger partial charge in [-0.3, -0.25) is 0 Å². The van der Waals surface area contributed by atoms with Crippen LogP contribution in [0.25, 0.3) is 0 Å². The number of rotatable bonds is 1. The third kappa shape index (κ3) is 1.21. The number of halogens is 4. The molecule has 0 saturated heterocycles. The summed E-state index contributed by atoms with van der Waals surface area (Å²) in [6, 6.07) is 0. The molecular formula is C8H12F4. The number of hydrogen-bond acceptors (Lipinski definition) is 0. The topological polar surface area (TPSA) is 0 Å². The predicted octanol–water partition coefficient (Wildman–Crippen LogP) is 3.32. The zero-order chi connectivity index (χ0) is 9.57. The van der Waals surface area contributed by atoms with Crippen molar-refractivity contribution in [2.24, 2.45) is 11.3 Å². The average Bonchev–Trinajstić information content (AvgIpc) is 1.76. The van der Waals surface area contributed by atoms with Crippen LogP contribution in [-0.2, 0) is 0 Å². The van der Waals surface area contributed by atoms with Gasteiger partial charge in [-0.05, 0) is 18.8 Å². The van der Waals surface area contributed by atoms with E-state index in [4.69, 9.17) is 0 Å². The zero-order valence-corrected chi connectivity index (χ0v) is 7.08. The molecule has 0 bridgehead atoms. The van der Waals surface area contributed by atoms with E-state index in [0.717, 1.165) is 0 Å². The summed E-state index contributed by atoms with van der Waals surface area (Å²) < 4.78 is 49.6. The van der Waals surface area contributed by atoms with Crippen LogP contribution in [0.1, 0.15) is 26.7 Å². The van der Waals surface area contributed by atoms with E-state index in [-0.39, 0.29) is 12.8 Å². The van der Waals surface area contributed by atoms with E-state index in [1.807, 2.05) is 0 Å². The minimum absolute atomic E-state index is 0.353. The van der Waals surface area contributed by atoms with Gasteiger partial charge in [-0.25, -0.2) is 4.39 Å². The van der Waals surface area contributed by atoms with Crippen molar-refractivity contribution in [2.75, 3.05) is 0 Å². The van der Waals surface area contributed by atoms with Crippen molar-refractivity contribution >= 4 is 0 Å². The molecule has 4 heteroatoms. The first kappa shape index (κ1) is 9.81. The van der Waals surface area contributed by atoms with E-state index >= 15 is 0 Å². The molecule has 72 valence electrons. The van der Waals surface area contributed by atoms with Crippen molar-refractivity contribution in [2.45, 2.75) is 39.0 Å². The second-order valence-electron chi connectivity index (χ2n) is 3.81. The molecule has 0 aromatic carbocycles. The van der Waals surface area contributed by atoms with Crippen LogP contribution in [0.4, 0.5) is 17.6 Å². The van der Waals surface area contributed by atoms with Crippen molar-refractivity contribution in [3.05, 3.63) is 0 Å². The third-order valence-corrected chi connectivity index (χ3v) is 2.84. The molecule has 1 aliphatic rings. The first-order valence-corrected chi connectivity index (χ1v) is 4.00. The maximum absolute atomic E-state index is 12.4. The van der Waals surface area contributed by atoms with Gasteiger partial charge in [0.1, 0.15) is 6.17 Å². The Hall–Kier alpha value is -0.280. The van der Waals surface area contributed by atoms with Gasteiger partial charge < -0.3 is 0 Å². The molecule has 12 heavy (non-hydrogen) atoms. The highest BCUT2D eigenvalue weighted by molar-refractivity contribution is 5.00. The van der Waals surface area contributed by atoms with Crippen LogP contribution >= 0.6 is 0 Å². The van der Waals surface area contributed by atoms with Crippen LogP contribution in [0.15, 0.2) is 0 Å². The summed E-state index contributed by atoms with van der Waals surface area (Å²) in [4.78, 5) is 0. The van der Waals surface area contributed by atoms with E-state index in [1.165, 1.54) is 13.8 Å². The molecule has 1 rings (SSSR count). The Morgan fingerprint density at radius 3 is 1.75 bits per heavy atom. The van der Waals surface area contributed by atoms with Gasteiger partial charge in [0.05, 0.1) is 5.41 Å². The highest BCUT2D eigenvalue weighted by Crippen LogP contribution is 2.58. The zero-order valence-electron chi connectivity index (χ0n) is 7.08. The average molecular weight is 184 g/mol. The minimum atomic E-state index is -4.25. The highest BCUT2D eigenvalue weighted by Gasteiger charge is 2.63. The minimum Gasteiger partial charge on any atom is -0.247 e. The largest absolute Gasteiger partial charge is 0.394 e. The molecule has 0 N–H and O–H groups in total. The molecule has 0 unspecified atom stereocenters. The van der Waals surface area contributed by atoms with E-state index in [0.29, 0.717) is 0 Å². The molecular weight excluding hydrogens is 172 g/mol. The second-order valence-corrected chi connectivity index (χ2v) is 3.81. The van der Waals surface area contributed by atoms with Gasteiger partial charge in [-0.1, -0.05) is 13.8 Å². The monoisotopic (exact) mass is 184 g/mol. The maximum Gasteiger partial charge on any atom is 0.394 e. The van der Waals surface area contributed by atoms with Gasteiger partial charge in [-0.2, -0.15) is 13.2 Å². The molecule has 0 nitrogen and oxygen atoms in total. The first-order valence-electron chi connectivity index (χ1n) is 4.00. The van der Waals surface area contributed by atoms with Crippen molar-refractivity contribution in [3.8, 4) is 0 Å². The van der Waals surface area contributed by atoms with Crippen LogP contribution in [0.3, 0.4) is 0 Å². The second kappa shape index (κ2) is 2.60. The van der Waals surface area contributed by atoms with Crippen molar-refractivity contribution < 1.29 is 17.6 Å². The van der Waals surface area contributed by atoms with Crippen molar-refractivity contribution in [1.29, 1.82) is 0 Å². The lowest BCUT2D eigenvalue weighted by Gasteiger charge is -2.48. The molecule has 1 aliphatic carbocycles. The third-order valence-electron chi connectivity index (χ3n) is 2.84. The number of alkyl halides is 4. The predicted molar refractivity (Wildman–Crippen MR) is 37.5 cm³/mol. The summed E-state index contributed by atoms with van der Waals surface area (Å²) in [5.74, 6) is -0.524. The molecule has 0 aromatic rings. The Labute approximate surface area is 69.0 Å².